The first-order chi connectivity index (χ1) is 12.3. The van der Waals surface area contributed by atoms with Crippen LogP contribution in [0.4, 0.5) is 5.69 Å². The van der Waals surface area contributed by atoms with Crippen LogP contribution in [0.3, 0.4) is 0 Å². The first kappa shape index (κ1) is 20.4. The van der Waals surface area contributed by atoms with E-state index in [0.717, 1.165) is 5.56 Å². The number of benzene rings is 2. The van der Waals surface area contributed by atoms with Gasteiger partial charge in [0, 0.05) is 23.7 Å². The van der Waals surface area contributed by atoms with Crippen molar-refractivity contribution in [2.24, 2.45) is 5.92 Å². The Hall–Kier alpha value is -1.89. The standard InChI is InChI=1S/C19H23ClN2O3S/c1-14(2)13-21-26(24,25)18-10-3-15(4-11-18)5-12-19(23)22-17-8-6-16(20)7-9-17/h3-4,6-11,14,21H,5,12-13H2,1-2H3,(H,22,23). The number of nitrogens with one attached hydrogen (secondary N) is 2. The second kappa shape index (κ2) is 9.16. The van der Waals surface area contributed by atoms with Gasteiger partial charge in [0.05, 0.1) is 4.90 Å². The molecule has 1 amide bonds. The van der Waals surface area contributed by atoms with Gasteiger partial charge in [0.15, 0.2) is 0 Å². The van der Waals surface area contributed by atoms with Gasteiger partial charge in [-0.3, -0.25) is 4.79 Å². The van der Waals surface area contributed by atoms with Gasteiger partial charge in [-0.05, 0) is 54.3 Å². The van der Waals surface area contributed by atoms with Gasteiger partial charge in [0.1, 0.15) is 0 Å². The van der Waals surface area contributed by atoms with Gasteiger partial charge in [-0.1, -0.05) is 37.6 Å². The van der Waals surface area contributed by atoms with E-state index in [0.29, 0.717) is 30.1 Å². The van der Waals surface area contributed by atoms with Crippen LogP contribution >= 0.6 is 11.6 Å². The zero-order valence-electron chi connectivity index (χ0n) is 14.8. The van der Waals surface area contributed by atoms with E-state index >= 15 is 0 Å². The molecular weight excluding hydrogens is 372 g/mol. The number of carbonyl (C=O) groups excluding carboxylic acids is 1. The first-order valence-corrected chi connectivity index (χ1v) is 10.3. The number of rotatable bonds is 8. The van der Waals surface area contributed by atoms with E-state index < -0.39 is 10.0 Å². The maximum Gasteiger partial charge on any atom is 0.240 e. The van der Waals surface area contributed by atoms with Gasteiger partial charge in [-0.15, -0.1) is 0 Å². The molecule has 0 fully saturated rings. The second-order valence-corrected chi connectivity index (χ2v) is 8.65. The second-order valence-electron chi connectivity index (χ2n) is 6.44. The smallest absolute Gasteiger partial charge is 0.240 e. The molecule has 0 unspecified atom stereocenters. The van der Waals surface area contributed by atoms with Crippen molar-refractivity contribution in [1.29, 1.82) is 0 Å². The van der Waals surface area contributed by atoms with Gasteiger partial charge < -0.3 is 5.32 Å². The third-order valence-corrected chi connectivity index (χ3v) is 5.38. The normalized spacial score (nSPS) is 11.5. The van der Waals surface area contributed by atoms with Crippen molar-refractivity contribution < 1.29 is 13.2 Å². The van der Waals surface area contributed by atoms with Crippen LogP contribution in [0, 0.1) is 5.92 Å². The molecule has 26 heavy (non-hydrogen) atoms. The number of carbonyl (C=O) groups is 1. The molecule has 2 aromatic carbocycles. The van der Waals surface area contributed by atoms with E-state index in [-0.39, 0.29) is 16.7 Å². The van der Waals surface area contributed by atoms with E-state index in [9.17, 15) is 13.2 Å². The van der Waals surface area contributed by atoms with Crippen molar-refractivity contribution in [3.8, 4) is 0 Å². The molecule has 2 N–H and O–H groups in total. The van der Waals surface area contributed by atoms with Crippen LogP contribution in [-0.4, -0.2) is 20.9 Å². The van der Waals surface area contributed by atoms with Crippen LogP contribution in [0.2, 0.25) is 5.02 Å². The van der Waals surface area contributed by atoms with Crippen molar-refractivity contribution in [3.63, 3.8) is 0 Å². The molecular formula is C19H23ClN2O3S. The average molecular weight is 395 g/mol. The summed E-state index contributed by atoms with van der Waals surface area (Å²) >= 11 is 5.81. The minimum Gasteiger partial charge on any atom is -0.326 e. The van der Waals surface area contributed by atoms with Gasteiger partial charge in [-0.25, -0.2) is 13.1 Å². The highest BCUT2D eigenvalue weighted by Gasteiger charge is 2.14. The lowest BCUT2D eigenvalue weighted by molar-refractivity contribution is -0.116. The quantitative estimate of drug-likeness (QED) is 0.714. The number of halogens is 1. The molecule has 0 aliphatic heterocycles. The van der Waals surface area contributed by atoms with E-state index in [1.165, 1.54) is 0 Å². The number of aryl methyl sites for hydroxylation is 1. The molecule has 0 spiro atoms. The Morgan fingerprint density at radius 3 is 2.23 bits per heavy atom. The van der Waals surface area contributed by atoms with Crippen LogP contribution in [0.1, 0.15) is 25.8 Å². The highest BCUT2D eigenvalue weighted by Crippen LogP contribution is 2.15. The summed E-state index contributed by atoms with van der Waals surface area (Å²) < 4.78 is 26.9. The lowest BCUT2D eigenvalue weighted by atomic mass is 10.1. The topological polar surface area (TPSA) is 75.3 Å². The zero-order valence-corrected chi connectivity index (χ0v) is 16.4. The van der Waals surface area contributed by atoms with Gasteiger partial charge in [0.25, 0.3) is 0 Å². The van der Waals surface area contributed by atoms with Crippen molar-refractivity contribution in [1.82, 2.24) is 4.72 Å². The van der Waals surface area contributed by atoms with Gasteiger partial charge in [-0.2, -0.15) is 0 Å². The summed E-state index contributed by atoms with van der Waals surface area (Å²) in [5.41, 5.74) is 1.59. The maximum atomic E-state index is 12.2. The molecule has 140 valence electrons. The van der Waals surface area contributed by atoms with Crippen molar-refractivity contribution in [3.05, 3.63) is 59.1 Å². The summed E-state index contributed by atoms with van der Waals surface area (Å²) in [6, 6.07) is 13.5. The fourth-order valence-corrected chi connectivity index (χ4v) is 3.55. The lowest BCUT2D eigenvalue weighted by Gasteiger charge is -2.09. The minimum absolute atomic E-state index is 0.109. The van der Waals surface area contributed by atoms with Crippen LogP contribution < -0.4 is 10.0 Å². The number of hydrogen-bond donors (Lipinski definition) is 2. The largest absolute Gasteiger partial charge is 0.326 e. The van der Waals surface area contributed by atoms with E-state index in [2.05, 4.69) is 10.0 Å². The summed E-state index contributed by atoms with van der Waals surface area (Å²) in [5.74, 6) is 0.130. The first-order valence-electron chi connectivity index (χ1n) is 8.40. The molecule has 0 atom stereocenters. The SMILES string of the molecule is CC(C)CNS(=O)(=O)c1ccc(CCC(=O)Nc2ccc(Cl)cc2)cc1. The summed E-state index contributed by atoms with van der Waals surface area (Å²) in [5, 5.41) is 3.41. The van der Waals surface area contributed by atoms with Crippen LogP contribution in [0.5, 0.6) is 0 Å². The summed E-state index contributed by atoms with van der Waals surface area (Å²) in [4.78, 5) is 12.2. The molecule has 0 saturated carbocycles. The van der Waals surface area contributed by atoms with Crippen molar-refractivity contribution in [2.75, 3.05) is 11.9 Å². The number of amides is 1. The van der Waals surface area contributed by atoms with Crippen LogP contribution in [-0.2, 0) is 21.2 Å². The van der Waals surface area contributed by atoms with Crippen molar-refractivity contribution >= 4 is 33.2 Å². The third-order valence-electron chi connectivity index (χ3n) is 3.68. The Kier molecular flexibility index (Phi) is 7.20. The molecule has 2 aromatic rings. The van der Waals surface area contributed by atoms with Crippen molar-refractivity contribution in [2.45, 2.75) is 31.6 Å². The molecule has 0 aliphatic rings. The molecule has 2 rings (SSSR count). The van der Waals surface area contributed by atoms with E-state index in [4.69, 9.17) is 11.6 Å². The average Bonchev–Trinajstić information content (AvgIpc) is 2.61. The monoisotopic (exact) mass is 394 g/mol. The Morgan fingerprint density at radius 2 is 1.65 bits per heavy atom. The number of anilines is 1. The van der Waals surface area contributed by atoms with Crippen LogP contribution in [0.15, 0.2) is 53.4 Å². The molecule has 0 aliphatic carbocycles. The molecule has 0 aromatic heterocycles. The van der Waals surface area contributed by atoms with Gasteiger partial charge in [0.2, 0.25) is 15.9 Å². The van der Waals surface area contributed by atoms with E-state index in [1.54, 1.807) is 48.5 Å². The summed E-state index contributed by atoms with van der Waals surface area (Å²) in [7, 11) is -3.49. The molecule has 0 radical (unpaired) electrons. The highest BCUT2D eigenvalue weighted by atomic mass is 35.5. The predicted molar refractivity (Wildman–Crippen MR) is 105 cm³/mol. The zero-order chi connectivity index (χ0) is 19.2. The molecule has 5 nitrogen and oxygen atoms in total. The Morgan fingerprint density at radius 1 is 1.04 bits per heavy atom. The lowest BCUT2D eigenvalue weighted by Crippen LogP contribution is -2.27. The Bertz CT molecular complexity index is 832. The fourth-order valence-electron chi connectivity index (χ4n) is 2.21. The molecule has 0 bridgehead atoms. The van der Waals surface area contributed by atoms with Crippen LogP contribution in [0.25, 0.3) is 0 Å². The predicted octanol–water partition coefficient (Wildman–Crippen LogP) is 3.85. The van der Waals surface area contributed by atoms with E-state index in [1.807, 2.05) is 13.8 Å². The maximum absolute atomic E-state index is 12.2. The minimum atomic E-state index is -3.49. The fraction of sp³-hybridized carbons (Fsp3) is 0.316. The highest BCUT2D eigenvalue weighted by molar-refractivity contribution is 7.89. The summed E-state index contributed by atoms with van der Waals surface area (Å²) in [6.45, 7) is 4.29. The van der Waals surface area contributed by atoms with Gasteiger partial charge >= 0.3 is 0 Å². The third kappa shape index (κ3) is 6.44. The molecule has 0 heterocycles. The Balaban J connectivity index is 1.88. The summed E-state index contributed by atoms with van der Waals surface area (Å²) in [6.07, 6.45) is 0.833. The number of sulfonamides is 1. The molecule has 0 saturated heterocycles. The number of hydrogen-bond acceptors (Lipinski definition) is 3. The molecule has 7 heteroatoms. The Labute approximate surface area is 159 Å².